The maximum atomic E-state index is 11.7. The van der Waals surface area contributed by atoms with Gasteiger partial charge in [0.05, 0.1) is 6.04 Å². The van der Waals surface area contributed by atoms with E-state index in [1.807, 2.05) is 0 Å². The normalized spacial score (nSPS) is 13.7. The van der Waals surface area contributed by atoms with Gasteiger partial charge in [0.1, 0.15) is 6.04 Å². The minimum atomic E-state index is -0.987. The Kier molecular flexibility index (Phi) is 11.8. The number of nitrogens with two attached hydrogens (primary N) is 2. The van der Waals surface area contributed by atoms with Crippen LogP contribution in [0.3, 0.4) is 0 Å². The van der Waals surface area contributed by atoms with E-state index in [-0.39, 0.29) is 5.91 Å². The maximum absolute atomic E-state index is 11.7. The maximum Gasteiger partial charge on any atom is 0.320 e. The molecule has 0 aromatic carbocycles. The predicted octanol–water partition coefficient (Wildman–Crippen LogP) is -0.208. The van der Waals surface area contributed by atoms with E-state index in [9.17, 15) is 9.59 Å². The molecule has 0 aliphatic rings. The molecule has 7 N–H and O–H groups in total. The summed E-state index contributed by atoms with van der Waals surface area (Å²) in [6.07, 6.45) is 4.42. The molecule has 0 fully saturated rings. The fraction of sp³-hybridized carbons (Fsp3) is 0.857. The zero-order chi connectivity index (χ0) is 16.1. The average molecular weight is 302 g/mol. The molecule has 124 valence electrons. The van der Waals surface area contributed by atoms with Gasteiger partial charge in [-0.1, -0.05) is 13.3 Å². The first-order valence-corrected chi connectivity index (χ1v) is 7.71. The van der Waals surface area contributed by atoms with Crippen molar-refractivity contribution < 1.29 is 14.7 Å². The molecule has 0 aliphatic heterocycles. The van der Waals surface area contributed by atoms with E-state index in [0.717, 1.165) is 25.9 Å². The Morgan fingerprint density at radius 2 is 1.57 bits per heavy atom. The quantitative estimate of drug-likeness (QED) is 0.299. The number of carbonyl (C=O) groups is 2. The van der Waals surface area contributed by atoms with Gasteiger partial charge in [-0.3, -0.25) is 9.59 Å². The fourth-order valence-electron chi connectivity index (χ4n) is 1.88. The zero-order valence-corrected chi connectivity index (χ0v) is 12.9. The number of hydrogen-bond acceptors (Lipinski definition) is 5. The molecule has 0 radical (unpaired) electrons. The number of aliphatic carboxylic acids is 1. The van der Waals surface area contributed by atoms with E-state index >= 15 is 0 Å². The minimum absolute atomic E-state index is 0.138. The van der Waals surface area contributed by atoms with Crippen LogP contribution < -0.4 is 22.1 Å². The van der Waals surface area contributed by atoms with Gasteiger partial charge >= 0.3 is 5.97 Å². The van der Waals surface area contributed by atoms with Gasteiger partial charge in [-0.2, -0.15) is 0 Å². The molecule has 0 saturated carbocycles. The molecule has 2 atom stereocenters. The molecule has 0 heterocycles. The van der Waals surface area contributed by atoms with E-state index in [1.54, 1.807) is 0 Å². The highest BCUT2D eigenvalue weighted by Gasteiger charge is 2.13. The predicted molar refractivity (Wildman–Crippen MR) is 82.8 cm³/mol. The highest BCUT2D eigenvalue weighted by molar-refractivity contribution is 5.81. The van der Waals surface area contributed by atoms with E-state index < -0.39 is 18.1 Å². The van der Waals surface area contributed by atoms with Crippen LogP contribution >= 0.6 is 0 Å². The second-order valence-corrected chi connectivity index (χ2v) is 5.19. The van der Waals surface area contributed by atoms with Crippen molar-refractivity contribution in [3.05, 3.63) is 0 Å². The smallest absolute Gasteiger partial charge is 0.320 e. The molecular formula is C14H30N4O3. The largest absolute Gasteiger partial charge is 0.480 e. The van der Waals surface area contributed by atoms with Crippen LogP contribution in [0.15, 0.2) is 0 Å². The Morgan fingerprint density at radius 3 is 2.14 bits per heavy atom. The second kappa shape index (κ2) is 12.6. The number of carboxylic acid groups (broad SMARTS) is 1. The molecule has 1 amide bonds. The van der Waals surface area contributed by atoms with Gasteiger partial charge in [0.15, 0.2) is 0 Å². The number of rotatable bonds is 13. The van der Waals surface area contributed by atoms with Crippen molar-refractivity contribution in [2.24, 2.45) is 11.5 Å². The van der Waals surface area contributed by atoms with Crippen LogP contribution in [0.25, 0.3) is 0 Å². The van der Waals surface area contributed by atoms with Crippen molar-refractivity contribution >= 4 is 11.9 Å². The summed E-state index contributed by atoms with van der Waals surface area (Å²) in [7, 11) is 0. The third-order valence-corrected chi connectivity index (χ3v) is 3.26. The molecule has 0 aromatic rings. The Labute approximate surface area is 126 Å². The first-order chi connectivity index (χ1) is 9.99. The molecule has 0 aliphatic carbocycles. The number of unbranched alkanes of at least 4 members (excludes halogenated alkanes) is 2. The van der Waals surface area contributed by atoms with Gasteiger partial charge in [0.25, 0.3) is 0 Å². The van der Waals surface area contributed by atoms with Gasteiger partial charge in [-0.05, 0) is 45.2 Å². The van der Waals surface area contributed by atoms with Crippen LogP contribution in [0, 0.1) is 0 Å². The van der Waals surface area contributed by atoms with Gasteiger partial charge < -0.3 is 27.2 Å². The molecule has 0 aromatic heterocycles. The van der Waals surface area contributed by atoms with E-state index in [4.69, 9.17) is 16.6 Å². The zero-order valence-electron chi connectivity index (χ0n) is 12.9. The number of nitrogens with one attached hydrogen (secondary N) is 2. The molecule has 0 rings (SSSR count). The van der Waals surface area contributed by atoms with Crippen molar-refractivity contribution in [3.63, 3.8) is 0 Å². The van der Waals surface area contributed by atoms with E-state index in [2.05, 4.69) is 17.6 Å². The minimum Gasteiger partial charge on any atom is -0.480 e. The summed E-state index contributed by atoms with van der Waals surface area (Å²) >= 11 is 0. The third-order valence-electron chi connectivity index (χ3n) is 3.26. The number of hydrogen-bond donors (Lipinski definition) is 5. The Hall–Kier alpha value is -1.18. The van der Waals surface area contributed by atoms with Gasteiger partial charge in [-0.15, -0.1) is 0 Å². The van der Waals surface area contributed by atoms with Crippen molar-refractivity contribution in [2.45, 2.75) is 57.5 Å². The summed E-state index contributed by atoms with van der Waals surface area (Å²) < 4.78 is 0. The van der Waals surface area contributed by atoms with Crippen LogP contribution in [0.2, 0.25) is 0 Å². The standard InChI is InChI=1S/C14H30N4O3/c1-2-17-9-5-3-7-11(15)13(19)18-10-6-4-8-12(16)14(20)21/h11-12,17H,2-10,15-16H2,1H3,(H,18,19)(H,20,21)/t11-,12-/m0/s1. The van der Waals surface area contributed by atoms with Crippen molar-refractivity contribution in [1.82, 2.24) is 10.6 Å². The van der Waals surface area contributed by atoms with Crippen LogP contribution in [0.1, 0.15) is 45.4 Å². The monoisotopic (exact) mass is 302 g/mol. The number of carboxylic acids is 1. The van der Waals surface area contributed by atoms with Crippen molar-refractivity contribution in [1.29, 1.82) is 0 Å². The van der Waals surface area contributed by atoms with Crippen LogP contribution in [-0.4, -0.2) is 48.7 Å². The first kappa shape index (κ1) is 19.8. The molecule has 7 nitrogen and oxygen atoms in total. The van der Waals surface area contributed by atoms with Gasteiger partial charge in [0, 0.05) is 6.54 Å². The molecule has 21 heavy (non-hydrogen) atoms. The summed E-state index contributed by atoms with van der Waals surface area (Å²) in [6, 6.07) is -1.28. The highest BCUT2D eigenvalue weighted by atomic mass is 16.4. The van der Waals surface area contributed by atoms with Gasteiger partial charge in [-0.25, -0.2) is 0 Å². The lowest BCUT2D eigenvalue weighted by atomic mass is 10.1. The van der Waals surface area contributed by atoms with Crippen molar-refractivity contribution in [2.75, 3.05) is 19.6 Å². The number of carbonyl (C=O) groups excluding carboxylic acids is 1. The van der Waals surface area contributed by atoms with Gasteiger partial charge in [0.2, 0.25) is 5.91 Å². The SMILES string of the molecule is CCNCCCC[C@H](N)C(=O)NCCCC[C@H](N)C(=O)O. The summed E-state index contributed by atoms with van der Waals surface area (Å²) in [5.41, 5.74) is 11.2. The molecule has 7 heteroatoms. The van der Waals surface area contributed by atoms with Crippen LogP contribution in [0.5, 0.6) is 0 Å². The Morgan fingerprint density at radius 1 is 1.00 bits per heavy atom. The van der Waals surface area contributed by atoms with E-state index in [0.29, 0.717) is 32.2 Å². The molecule has 0 unspecified atom stereocenters. The van der Waals surface area contributed by atoms with Crippen LogP contribution in [-0.2, 0) is 9.59 Å². The second-order valence-electron chi connectivity index (χ2n) is 5.19. The topological polar surface area (TPSA) is 130 Å². The van der Waals surface area contributed by atoms with Crippen molar-refractivity contribution in [3.8, 4) is 0 Å². The average Bonchev–Trinajstić information content (AvgIpc) is 2.45. The lowest BCUT2D eigenvalue weighted by molar-refractivity contribution is -0.138. The molecule has 0 spiro atoms. The summed E-state index contributed by atoms with van der Waals surface area (Å²) in [4.78, 5) is 22.2. The van der Waals surface area contributed by atoms with Crippen LogP contribution in [0.4, 0.5) is 0 Å². The Bertz CT molecular complexity index is 300. The summed E-state index contributed by atoms with van der Waals surface area (Å²) in [5.74, 6) is -1.13. The molecule has 0 bridgehead atoms. The Balaban J connectivity index is 3.53. The lowest BCUT2D eigenvalue weighted by Gasteiger charge is -2.12. The highest BCUT2D eigenvalue weighted by Crippen LogP contribution is 2.00. The fourth-order valence-corrected chi connectivity index (χ4v) is 1.88. The lowest BCUT2D eigenvalue weighted by Crippen LogP contribution is -2.41. The molecule has 0 saturated heterocycles. The molecular weight excluding hydrogens is 272 g/mol. The summed E-state index contributed by atoms with van der Waals surface area (Å²) in [5, 5.41) is 14.6. The first-order valence-electron chi connectivity index (χ1n) is 7.71. The summed E-state index contributed by atoms with van der Waals surface area (Å²) in [6.45, 7) is 4.48. The number of amides is 1. The van der Waals surface area contributed by atoms with E-state index in [1.165, 1.54) is 0 Å². The third kappa shape index (κ3) is 11.2.